The van der Waals surface area contributed by atoms with Crippen molar-refractivity contribution in [2.45, 2.75) is 51.4 Å². The summed E-state index contributed by atoms with van der Waals surface area (Å²) in [5, 5.41) is 0. The van der Waals surface area contributed by atoms with E-state index in [0.717, 1.165) is 12.8 Å². The third-order valence-electron chi connectivity index (χ3n) is 3.01. The summed E-state index contributed by atoms with van der Waals surface area (Å²) >= 11 is 4.84. The molecule has 1 aliphatic heterocycles. The molecular weight excluding hydrogens is 224 g/mol. The fraction of sp³-hybridized carbons (Fsp3) is 0.818. The van der Waals surface area contributed by atoms with Crippen LogP contribution in [0.25, 0.3) is 0 Å². The Morgan fingerprint density at radius 3 is 2.69 bits per heavy atom. The first-order valence-corrected chi connectivity index (χ1v) is 6.03. The molecule has 0 aromatic heterocycles. The van der Waals surface area contributed by atoms with Crippen molar-refractivity contribution in [3.63, 3.8) is 0 Å². The van der Waals surface area contributed by atoms with Crippen molar-refractivity contribution in [1.29, 1.82) is 0 Å². The normalized spacial score (nSPS) is 26.4. The Morgan fingerprint density at radius 1 is 1.62 bits per heavy atom. The highest BCUT2D eigenvalue weighted by molar-refractivity contribution is 7.80. The van der Waals surface area contributed by atoms with Gasteiger partial charge in [0.1, 0.15) is 6.10 Å². The molecule has 1 amide bonds. The molecule has 2 N–H and O–H groups in total. The van der Waals surface area contributed by atoms with Crippen molar-refractivity contribution < 1.29 is 9.53 Å². The monoisotopic (exact) mass is 244 g/mol. The summed E-state index contributed by atoms with van der Waals surface area (Å²) in [4.78, 5) is 14.2. The molecule has 1 aliphatic rings. The molecule has 1 rings (SSSR count). The fourth-order valence-corrected chi connectivity index (χ4v) is 2.10. The van der Waals surface area contributed by atoms with Crippen LogP contribution in [0.3, 0.4) is 0 Å². The number of hydrogen-bond acceptors (Lipinski definition) is 3. The van der Waals surface area contributed by atoms with E-state index in [1.165, 1.54) is 0 Å². The van der Waals surface area contributed by atoms with Gasteiger partial charge in [-0.1, -0.05) is 12.2 Å². The quantitative estimate of drug-likeness (QED) is 0.752. The molecular formula is C11H20N2O2S. The topological polar surface area (TPSA) is 55.6 Å². The van der Waals surface area contributed by atoms with Gasteiger partial charge in [0.05, 0.1) is 11.1 Å². The number of carbonyl (C=O) groups is 1. The second-order valence-electron chi connectivity index (χ2n) is 4.48. The molecule has 0 aromatic rings. The van der Waals surface area contributed by atoms with E-state index in [1.807, 2.05) is 13.8 Å². The zero-order valence-electron chi connectivity index (χ0n) is 10.1. The molecule has 4 nitrogen and oxygen atoms in total. The number of likely N-dealkylation sites (N-methyl/N-ethyl adjacent to an activating group) is 1. The zero-order chi connectivity index (χ0) is 12.3. The number of carbonyl (C=O) groups excluding carboxylic acids is 1. The van der Waals surface area contributed by atoms with Crippen LogP contribution in [-0.4, -0.2) is 41.1 Å². The maximum atomic E-state index is 12.0. The van der Waals surface area contributed by atoms with Crippen LogP contribution in [-0.2, 0) is 9.53 Å². The van der Waals surface area contributed by atoms with Crippen LogP contribution in [0.15, 0.2) is 0 Å². The van der Waals surface area contributed by atoms with E-state index in [4.69, 9.17) is 22.7 Å². The molecule has 0 spiro atoms. The first-order valence-electron chi connectivity index (χ1n) is 5.62. The van der Waals surface area contributed by atoms with Crippen LogP contribution < -0.4 is 5.73 Å². The van der Waals surface area contributed by atoms with E-state index in [2.05, 4.69) is 0 Å². The Labute approximate surface area is 102 Å². The van der Waals surface area contributed by atoms with Gasteiger partial charge in [-0.3, -0.25) is 4.79 Å². The molecule has 3 atom stereocenters. The highest BCUT2D eigenvalue weighted by Gasteiger charge is 2.31. The van der Waals surface area contributed by atoms with Gasteiger partial charge in [0.25, 0.3) is 5.91 Å². The average molecular weight is 244 g/mol. The summed E-state index contributed by atoms with van der Waals surface area (Å²) in [5.74, 6) is 0.0353. The maximum absolute atomic E-state index is 12.0. The second-order valence-corrected chi connectivity index (χ2v) is 5.01. The van der Waals surface area contributed by atoms with Gasteiger partial charge in [0.15, 0.2) is 0 Å². The lowest BCUT2D eigenvalue weighted by atomic mass is 10.1. The molecule has 0 radical (unpaired) electrons. The summed E-state index contributed by atoms with van der Waals surface area (Å²) in [6, 6.07) is 0.0320. The van der Waals surface area contributed by atoms with Gasteiger partial charge in [-0.15, -0.1) is 0 Å². The molecule has 0 bridgehead atoms. The molecule has 92 valence electrons. The Hall–Kier alpha value is -0.680. The number of hydrogen-bond donors (Lipinski definition) is 1. The van der Waals surface area contributed by atoms with Crippen molar-refractivity contribution in [2.24, 2.45) is 5.73 Å². The lowest BCUT2D eigenvalue weighted by molar-refractivity contribution is -0.142. The number of amides is 1. The standard InChI is InChI=1S/C11H20N2O2S/c1-7(6-10(12)16)13(3)11(14)9-5-4-8(2)15-9/h7-9H,4-6H2,1-3H3,(H2,12,16). The summed E-state index contributed by atoms with van der Waals surface area (Å²) in [6.45, 7) is 3.93. The van der Waals surface area contributed by atoms with Crippen molar-refractivity contribution in [3.8, 4) is 0 Å². The van der Waals surface area contributed by atoms with E-state index < -0.39 is 0 Å². The Kier molecular flexibility index (Phi) is 4.68. The third-order valence-corrected chi connectivity index (χ3v) is 3.18. The number of thiocarbonyl (C=S) groups is 1. The van der Waals surface area contributed by atoms with E-state index >= 15 is 0 Å². The number of nitrogens with zero attached hydrogens (tertiary/aromatic N) is 1. The molecule has 0 saturated carbocycles. The van der Waals surface area contributed by atoms with Gasteiger partial charge in [-0.2, -0.15) is 0 Å². The van der Waals surface area contributed by atoms with E-state index in [0.29, 0.717) is 11.4 Å². The summed E-state index contributed by atoms with van der Waals surface area (Å²) in [7, 11) is 1.78. The van der Waals surface area contributed by atoms with Crippen LogP contribution in [0.4, 0.5) is 0 Å². The highest BCUT2D eigenvalue weighted by Crippen LogP contribution is 2.21. The largest absolute Gasteiger partial charge is 0.393 e. The van der Waals surface area contributed by atoms with Gasteiger partial charge >= 0.3 is 0 Å². The predicted molar refractivity (Wildman–Crippen MR) is 67.2 cm³/mol. The molecule has 1 fully saturated rings. The Balaban J connectivity index is 2.49. The second kappa shape index (κ2) is 5.59. The van der Waals surface area contributed by atoms with Crippen molar-refractivity contribution >= 4 is 23.1 Å². The summed E-state index contributed by atoms with van der Waals surface area (Å²) in [5.41, 5.74) is 5.47. The minimum absolute atomic E-state index is 0.0320. The predicted octanol–water partition coefficient (Wildman–Crippen LogP) is 1.08. The number of ether oxygens (including phenoxy) is 1. The first kappa shape index (κ1) is 13.4. The fourth-order valence-electron chi connectivity index (χ4n) is 1.86. The van der Waals surface area contributed by atoms with E-state index in [9.17, 15) is 4.79 Å². The van der Waals surface area contributed by atoms with Crippen LogP contribution in [0, 0.1) is 0 Å². The molecule has 5 heteroatoms. The number of rotatable bonds is 4. The van der Waals surface area contributed by atoms with Gasteiger partial charge in [0, 0.05) is 19.5 Å². The molecule has 3 unspecified atom stereocenters. The van der Waals surface area contributed by atoms with Gasteiger partial charge in [-0.05, 0) is 26.7 Å². The van der Waals surface area contributed by atoms with Crippen LogP contribution >= 0.6 is 12.2 Å². The summed E-state index contributed by atoms with van der Waals surface area (Å²) in [6.07, 6.45) is 2.22. The number of nitrogens with two attached hydrogens (primary N) is 1. The first-order chi connectivity index (χ1) is 7.41. The minimum Gasteiger partial charge on any atom is -0.393 e. The summed E-state index contributed by atoms with van der Waals surface area (Å²) < 4.78 is 5.54. The van der Waals surface area contributed by atoms with Crippen molar-refractivity contribution in [2.75, 3.05) is 7.05 Å². The van der Waals surface area contributed by atoms with Crippen molar-refractivity contribution in [1.82, 2.24) is 4.90 Å². The highest BCUT2D eigenvalue weighted by atomic mass is 32.1. The van der Waals surface area contributed by atoms with Gasteiger partial charge in [0.2, 0.25) is 0 Å². The maximum Gasteiger partial charge on any atom is 0.251 e. The average Bonchev–Trinajstić information content (AvgIpc) is 2.61. The molecule has 0 aromatic carbocycles. The van der Waals surface area contributed by atoms with E-state index in [1.54, 1.807) is 11.9 Å². The van der Waals surface area contributed by atoms with E-state index in [-0.39, 0.29) is 24.2 Å². The lowest BCUT2D eigenvalue weighted by Crippen LogP contribution is -2.43. The molecule has 1 saturated heterocycles. The van der Waals surface area contributed by atoms with Gasteiger partial charge in [-0.25, -0.2) is 0 Å². The molecule has 1 heterocycles. The van der Waals surface area contributed by atoms with Crippen molar-refractivity contribution in [3.05, 3.63) is 0 Å². The Morgan fingerprint density at radius 2 is 2.25 bits per heavy atom. The lowest BCUT2D eigenvalue weighted by Gasteiger charge is -2.27. The van der Waals surface area contributed by atoms with Crippen LogP contribution in [0.1, 0.15) is 33.1 Å². The van der Waals surface area contributed by atoms with Gasteiger partial charge < -0.3 is 15.4 Å². The SMILES string of the molecule is CC1CCC(C(=O)N(C)C(C)CC(N)=S)O1. The molecule has 16 heavy (non-hydrogen) atoms. The van der Waals surface area contributed by atoms with Crippen LogP contribution in [0.2, 0.25) is 0 Å². The smallest absolute Gasteiger partial charge is 0.251 e. The zero-order valence-corrected chi connectivity index (χ0v) is 10.9. The Bertz CT molecular complexity index is 283. The van der Waals surface area contributed by atoms with Crippen LogP contribution in [0.5, 0.6) is 0 Å². The minimum atomic E-state index is -0.284. The molecule has 0 aliphatic carbocycles. The third kappa shape index (κ3) is 3.42.